The molecule has 0 radical (unpaired) electrons. The zero-order valence-corrected chi connectivity index (χ0v) is 11.5. The molecule has 0 spiro atoms. The molecule has 4 nitrogen and oxygen atoms in total. The molecule has 0 aliphatic heterocycles. The molecule has 1 aromatic rings. The summed E-state index contributed by atoms with van der Waals surface area (Å²) in [6, 6.07) is 2.12. The molecular weight excluding hydrogens is 275 g/mol. The van der Waals surface area contributed by atoms with Gasteiger partial charge in [0.15, 0.2) is 6.10 Å². The van der Waals surface area contributed by atoms with Gasteiger partial charge in [-0.1, -0.05) is 6.92 Å². The lowest BCUT2D eigenvalue weighted by atomic mass is 10.2. The molecule has 0 saturated heterocycles. The van der Waals surface area contributed by atoms with Crippen molar-refractivity contribution in [3.63, 3.8) is 0 Å². The number of carbonyl (C=O) groups is 1. The Hall–Kier alpha value is -1.79. The molecule has 0 aliphatic carbocycles. The summed E-state index contributed by atoms with van der Waals surface area (Å²) in [5, 5.41) is 0. The fraction of sp³-hybridized carbons (Fsp3) is 0.538. The molecule has 112 valence electrons. The lowest BCUT2D eigenvalue weighted by molar-refractivity contribution is -0.151. The van der Waals surface area contributed by atoms with Gasteiger partial charge in [-0.3, -0.25) is 0 Å². The van der Waals surface area contributed by atoms with Crippen LogP contribution in [-0.4, -0.2) is 23.7 Å². The van der Waals surface area contributed by atoms with Gasteiger partial charge in [0.1, 0.15) is 11.4 Å². The fourth-order valence-electron chi connectivity index (χ4n) is 1.55. The van der Waals surface area contributed by atoms with E-state index in [0.29, 0.717) is 6.42 Å². The van der Waals surface area contributed by atoms with Crippen LogP contribution in [0.15, 0.2) is 12.1 Å². The molecule has 0 N–H and O–H groups in total. The second-order valence-corrected chi connectivity index (χ2v) is 4.09. The minimum Gasteiger partial charge on any atom is -0.479 e. The minimum atomic E-state index is -4.56. The molecule has 0 aromatic carbocycles. The normalized spacial score (nSPS) is 12.9. The van der Waals surface area contributed by atoms with Gasteiger partial charge >= 0.3 is 12.1 Å². The Kier molecular flexibility index (Phi) is 5.35. The number of rotatable bonds is 5. The van der Waals surface area contributed by atoms with Gasteiger partial charge in [-0.25, -0.2) is 9.78 Å². The van der Waals surface area contributed by atoms with Gasteiger partial charge < -0.3 is 9.47 Å². The molecule has 7 heteroatoms. The fourth-order valence-corrected chi connectivity index (χ4v) is 1.55. The van der Waals surface area contributed by atoms with Crippen LogP contribution in [0.4, 0.5) is 13.2 Å². The van der Waals surface area contributed by atoms with Crippen molar-refractivity contribution in [2.45, 2.75) is 39.5 Å². The Morgan fingerprint density at radius 1 is 1.35 bits per heavy atom. The zero-order valence-electron chi connectivity index (χ0n) is 11.5. The van der Waals surface area contributed by atoms with Crippen LogP contribution in [0, 0.1) is 6.92 Å². The van der Waals surface area contributed by atoms with Gasteiger partial charge in [-0.05, 0) is 20.3 Å². The van der Waals surface area contributed by atoms with E-state index in [-0.39, 0.29) is 18.1 Å². The summed E-state index contributed by atoms with van der Waals surface area (Å²) < 4.78 is 48.0. The molecule has 1 aromatic heterocycles. The number of nitrogens with zero attached hydrogens (tertiary/aromatic N) is 1. The van der Waals surface area contributed by atoms with Crippen LogP contribution >= 0.6 is 0 Å². The van der Waals surface area contributed by atoms with E-state index in [9.17, 15) is 18.0 Å². The molecule has 0 aliphatic rings. The number of aryl methyl sites for hydroxylation is 1. The van der Waals surface area contributed by atoms with Gasteiger partial charge in [0.2, 0.25) is 0 Å². The monoisotopic (exact) mass is 291 g/mol. The predicted molar refractivity (Wildman–Crippen MR) is 65.3 cm³/mol. The van der Waals surface area contributed by atoms with Crippen molar-refractivity contribution < 1.29 is 27.4 Å². The summed E-state index contributed by atoms with van der Waals surface area (Å²) in [5.74, 6) is -0.650. The molecular formula is C13H16F3NO3. The molecule has 1 atom stereocenters. The zero-order chi connectivity index (χ0) is 15.3. The maximum Gasteiger partial charge on any atom is 0.433 e. The Morgan fingerprint density at radius 3 is 2.50 bits per heavy atom. The number of esters is 1. The van der Waals surface area contributed by atoms with Crippen molar-refractivity contribution in [2.24, 2.45) is 0 Å². The van der Waals surface area contributed by atoms with Crippen LogP contribution in [0.25, 0.3) is 0 Å². The average molecular weight is 291 g/mol. The van der Waals surface area contributed by atoms with Gasteiger partial charge in [-0.2, -0.15) is 13.2 Å². The van der Waals surface area contributed by atoms with Crippen molar-refractivity contribution in [3.8, 4) is 5.75 Å². The standard InChI is InChI=1S/C13H16F3NO3/c1-4-10(12(18)19-5-2)20-9-6-8(3)17-11(7-9)13(14,15)16/h6-7,10H,4-5H2,1-3H3. The van der Waals surface area contributed by atoms with Crippen molar-refractivity contribution in [3.05, 3.63) is 23.5 Å². The number of halogens is 3. The summed E-state index contributed by atoms with van der Waals surface area (Å²) in [6.45, 7) is 4.93. The molecule has 20 heavy (non-hydrogen) atoms. The first kappa shape index (κ1) is 16.3. The topological polar surface area (TPSA) is 48.4 Å². The second kappa shape index (κ2) is 6.58. The lowest BCUT2D eigenvalue weighted by Crippen LogP contribution is -2.29. The Morgan fingerprint density at radius 2 is 2.00 bits per heavy atom. The van der Waals surface area contributed by atoms with Crippen LogP contribution in [0.1, 0.15) is 31.7 Å². The van der Waals surface area contributed by atoms with Gasteiger partial charge in [-0.15, -0.1) is 0 Å². The van der Waals surface area contributed by atoms with E-state index in [1.54, 1.807) is 13.8 Å². The van der Waals surface area contributed by atoms with E-state index in [4.69, 9.17) is 9.47 Å². The molecule has 1 heterocycles. The van der Waals surface area contributed by atoms with Crippen LogP contribution in [0.3, 0.4) is 0 Å². The molecule has 0 saturated carbocycles. The van der Waals surface area contributed by atoms with Crippen LogP contribution in [0.5, 0.6) is 5.75 Å². The van der Waals surface area contributed by atoms with Crippen molar-refractivity contribution >= 4 is 5.97 Å². The first-order chi connectivity index (χ1) is 9.27. The summed E-state index contributed by atoms with van der Waals surface area (Å²) in [7, 11) is 0. The Labute approximate surface area is 114 Å². The minimum absolute atomic E-state index is 0.0512. The van der Waals surface area contributed by atoms with Crippen LogP contribution in [-0.2, 0) is 15.7 Å². The van der Waals surface area contributed by atoms with Gasteiger partial charge in [0.25, 0.3) is 0 Å². The van der Waals surface area contributed by atoms with Gasteiger partial charge in [0, 0.05) is 17.8 Å². The van der Waals surface area contributed by atoms with Crippen molar-refractivity contribution in [1.82, 2.24) is 4.98 Å². The molecule has 0 fully saturated rings. The molecule has 1 rings (SSSR count). The van der Waals surface area contributed by atoms with Crippen molar-refractivity contribution in [2.75, 3.05) is 6.61 Å². The van der Waals surface area contributed by atoms with E-state index in [1.165, 1.54) is 13.0 Å². The van der Waals surface area contributed by atoms with E-state index in [1.807, 2.05) is 0 Å². The largest absolute Gasteiger partial charge is 0.479 e. The molecule has 0 bridgehead atoms. The highest BCUT2D eigenvalue weighted by Crippen LogP contribution is 2.30. The predicted octanol–water partition coefficient (Wildman–Crippen LogP) is 3.13. The molecule has 1 unspecified atom stereocenters. The summed E-state index contributed by atoms with van der Waals surface area (Å²) >= 11 is 0. The Bertz CT molecular complexity index is 474. The quantitative estimate of drug-likeness (QED) is 0.782. The highest BCUT2D eigenvalue weighted by atomic mass is 19.4. The average Bonchev–Trinajstić information content (AvgIpc) is 2.34. The lowest BCUT2D eigenvalue weighted by Gasteiger charge is -2.17. The van der Waals surface area contributed by atoms with Crippen molar-refractivity contribution in [1.29, 1.82) is 0 Å². The number of pyridine rings is 1. The highest BCUT2D eigenvalue weighted by molar-refractivity contribution is 5.75. The first-order valence-electron chi connectivity index (χ1n) is 6.17. The summed E-state index contributed by atoms with van der Waals surface area (Å²) in [6.07, 6.45) is -5.20. The van der Waals surface area contributed by atoms with Gasteiger partial charge in [0.05, 0.1) is 6.61 Å². The number of carbonyl (C=O) groups excluding carboxylic acids is 1. The maximum absolute atomic E-state index is 12.6. The smallest absolute Gasteiger partial charge is 0.433 e. The third kappa shape index (κ3) is 4.40. The Balaban J connectivity index is 2.96. The SMILES string of the molecule is CCOC(=O)C(CC)Oc1cc(C)nc(C(F)(F)F)c1. The highest BCUT2D eigenvalue weighted by Gasteiger charge is 2.33. The maximum atomic E-state index is 12.6. The number of hydrogen-bond donors (Lipinski definition) is 0. The molecule has 0 amide bonds. The van der Waals surface area contributed by atoms with E-state index in [2.05, 4.69) is 4.98 Å². The summed E-state index contributed by atoms with van der Waals surface area (Å²) in [5.41, 5.74) is -0.889. The first-order valence-corrected chi connectivity index (χ1v) is 6.17. The van der Waals surface area contributed by atoms with Crippen LogP contribution in [0.2, 0.25) is 0 Å². The number of alkyl halides is 3. The second-order valence-electron chi connectivity index (χ2n) is 4.09. The van der Waals surface area contributed by atoms with Crippen LogP contribution < -0.4 is 4.74 Å². The third-order valence-electron chi connectivity index (χ3n) is 2.42. The van der Waals surface area contributed by atoms with E-state index in [0.717, 1.165) is 6.07 Å². The third-order valence-corrected chi connectivity index (χ3v) is 2.42. The number of hydrogen-bond acceptors (Lipinski definition) is 4. The summed E-state index contributed by atoms with van der Waals surface area (Å²) in [4.78, 5) is 15.0. The van der Waals surface area contributed by atoms with E-state index >= 15 is 0 Å². The number of ether oxygens (including phenoxy) is 2. The number of aromatic nitrogens is 1. The van der Waals surface area contributed by atoms with E-state index < -0.39 is 23.9 Å².